The van der Waals surface area contributed by atoms with Crippen molar-refractivity contribution in [3.63, 3.8) is 0 Å². The van der Waals surface area contributed by atoms with Gasteiger partial charge in [-0.15, -0.1) is 0 Å². The molecule has 0 saturated carbocycles. The van der Waals surface area contributed by atoms with Gasteiger partial charge in [-0.1, -0.05) is 12.1 Å². The summed E-state index contributed by atoms with van der Waals surface area (Å²) in [5, 5.41) is 3.58. The molecule has 0 aromatic heterocycles. The highest BCUT2D eigenvalue weighted by atomic mass is 19.1. The lowest BCUT2D eigenvalue weighted by atomic mass is 10.1. The number of rotatable bonds is 3. The van der Waals surface area contributed by atoms with Crippen LogP contribution in [0.25, 0.3) is 0 Å². The summed E-state index contributed by atoms with van der Waals surface area (Å²) in [5.74, 6) is -0.170. The van der Waals surface area contributed by atoms with Crippen molar-refractivity contribution in [3.8, 4) is 0 Å². The number of likely N-dealkylation sites (N-methyl/N-ethyl adjacent to an activating group) is 1. The summed E-state index contributed by atoms with van der Waals surface area (Å²) in [6, 6.07) is 7.60. The van der Waals surface area contributed by atoms with Crippen LogP contribution >= 0.6 is 0 Å². The van der Waals surface area contributed by atoms with Crippen LogP contribution < -0.4 is 5.32 Å². The van der Waals surface area contributed by atoms with Gasteiger partial charge in [-0.3, -0.25) is 0 Å². The molecule has 16 heavy (non-hydrogen) atoms. The monoisotopic (exact) mass is 222 g/mol. The maximum Gasteiger partial charge on any atom is 0.123 e. The third-order valence-electron chi connectivity index (χ3n) is 3.25. The lowest BCUT2D eigenvalue weighted by Crippen LogP contribution is -2.33. The van der Waals surface area contributed by atoms with E-state index >= 15 is 0 Å². The van der Waals surface area contributed by atoms with Gasteiger partial charge in [-0.25, -0.2) is 4.39 Å². The third-order valence-corrected chi connectivity index (χ3v) is 3.25. The van der Waals surface area contributed by atoms with Crippen LogP contribution in [0.1, 0.15) is 24.9 Å². The fourth-order valence-electron chi connectivity index (χ4n) is 2.27. The quantitative estimate of drug-likeness (QED) is 0.843. The second-order valence-electron chi connectivity index (χ2n) is 4.69. The normalized spacial score (nSPS) is 23.6. The number of nitrogens with one attached hydrogen (secondary N) is 1. The molecule has 1 fully saturated rings. The Balaban J connectivity index is 1.92. The van der Waals surface area contributed by atoms with Gasteiger partial charge in [0.2, 0.25) is 0 Å². The first-order valence-electron chi connectivity index (χ1n) is 5.85. The van der Waals surface area contributed by atoms with Gasteiger partial charge in [0.25, 0.3) is 0 Å². The fraction of sp³-hybridized carbons (Fsp3) is 0.538. The summed E-state index contributed by atoms with van der Waals surface area (Å²) in [6.45, 7) is 4.39. The van der Waals surface area contributed by atoms with Crippen molar-refractivity contribution in [2.45, 2.75) is 25.4 Å². The van der Waals surface area contributed by atoms with Crippen molar-refractivity contribution in [2.75, 3.05) is 20.1 Å². The SMILES string of the molecule is C[C@@H](NC1CCN(C)C1)c1ccc(F)cc1. The number of benzene rings is 1. The molecule has 0 spiro atoms. The zero-order valence-corrected chi connectivity index (χ0v) is 9.91. The largest absolute Gasteiger partial charge is 0.306 e. The van der Waals surface area contributed by atoms with E-state index in [0.29, 0.717) is 6.04 Å². The molecule has 1 N–H and O–H groups in total. The Hall–Kier alpha value is -0.930. The molecule has 3 heteroatoms. The molecule has 1 saturated heterocycles. The number of hydrogen-bond donors (Lipinski definition) is 1. The molecule has 0 aliphatic carbocycles. The van der Waals surface area contributed by atoms with E-state index in [9.17, 15) is 4.39 Å². The lowest BCUT2D eigenvalue weighted by molar-refractivity contribution is 0.387. The van der Waals surface area contributed by atoms with Crippen LogP contribution in [0.15, 0.2) is 24.3 Å². The minimum atomic E-state index is -0.170. The molecule has 1 heterocycles. The Morgan fingerprint density at radius 2 is 2.06 bits per heavy atom. The van der Waals surface area contributed by atoms with Gasteiger partial charge < -0.3 is 10.2 Å². The second-order valence-corrected chi connectivity index (χ2v) is 4.69. The van der Waals surface area contributed by atoms with Crippen LogP contribution in [-0.4, -0.2) is 31.1 Å². The zero-order valence-electron chi connectivity index (χ0n) is 9.91. The van der Waals surface area contributed by atoms with E-state index in [4.69, 9.17) is 0 Å². The van der Waals surface area contributed by atoms with Crippen LogP contribution in [0.2, 0.25) is 0 Å². The predicted octanol–water partition coefficient (Wildman–Crippen LogP) is 2.18. The van der Waals surface area contributed by atoms with Gasteiger partial charge in [-0.05, 0) is 44.6 Å². The van der Waals surface area contributed by atoms with Crippen LogP contribution in [0, 0.1) is 5.82 Å². The Labute approximate surface area is 96.5 Å². The van der Waals surface area contributed by atoms with Crippen LogP contribution in [-0.2, 0) is 0 Å². The fourth-order valence-corrected chi connectivity index (χ4v) is 2.27. The van der Waals surface area contributed by atoms with Gasteiger partial charge in [0.15, 0.2) is 0 Å². The molecule has 1 aromatic carbocycles. The molecular weight excluding hydrogens is 203 g/mol. The highest BCUT2D eigenvalue weighted by molar-refractivity contribution is 5.19. The Morgan fingerprint density at radius 3 is 2.62 bits per heavy atom. The first kappa shape index (κ1) is 11.6. The molecule has 2 rings (SSSR count). The highest BCUT2D eigenvalue weighted by Crippen LogP contribution is 2.16. The predicted molar refractivity (Wildman–Crippen MR) is 63.9 cm³/mol. The van der Waals surface area contributed by atoms with E-state index in [1.165, 1.54) is 18.6 Å². The molecule has 0 bridgehead atoms. The minimum absolute atomic E-state index is 0.170. The molecule has 1 aliphatic rings. The average molecular weight is 222 g/mol. The summed E-state index contributed by atoms with van der Waals surface area (Å²) in [6.07, 6.45) is 1.20. The van der Waals surface area contributed by atoms with Gasteiger partial charge in [0, 0.05) is 18.6 Å². The molecule has 0 radical (unpaired) electrons. The van der Waals surface area contributed by atoms with E-state index in [1.807, 2.05) is 12.1 Å². The van der Waals surface area contributed by atoms with Crippen molar-refractivity contribution in [1.29, 1.82) is 0 Å². The summed E-state index contributed by atoms with van der Waals surface area (Å²) >= 11 is 0. The lowest BCUT2D eigenvalue weighted by Gasteiger charge is -2.19. The number of likely N-dealkylation sites (tertiary alicyclic amines) is 1. The van der Waals surface area contributed by atoms with Gasteiger partial charge in [0.05, 0.1) is 0 Å². The summed E-state index contributed by atoms with van der Waals surface area (Å²) in [4.78, 5) is 2.33. The maximum absolute atomic E-state index is 12.8. The number of halogens is 1. The topological polar surface area (TPSA) is 15.3 Å². The number of nitrogens with zero attached hydrogens (tertiary/aromatic N) is 1. The molecule has 2 nitrogen and oxygen atoms in total. The van der Waals surface area contributed by atoms with E-state index < -0.39 is 0 Å². The first-order valence-corrected chi connectivity index (χ1v) is 5.85. The summed E-state index contributed by atoms with van der Waals surface area (Å²) < 4.78 is 12.8. The maximum atomic E-state index is 12.8. The Bertz CT molecular complexity index is 336. The summed E-state index contributed by atoms with van der Waals surface area (Å²) in [7, 11) is 2.14. The van der Waals surface area contributed by atoms with Crippen LogP contribution in [0.3, 0.4) is 0 Å². The highest BCUT2D eigenvalue weighted by Gasteiger charge is 2.20. The van der Waals surface area contributed by atoms with E-state index in [-0.39, 0.29) is 11.9 Å². The molecule has 88 valence electrons. The van der Waals surface area contributed by atoms with Crippen LogP contribution in [0.4, 0.5) is 4.39 Å². The Kier molecular flexibility index (Phi) is 3.56. The number of hydrogen-bond acceptors (Lipinski definition) is 2. The molecule has 1 aliphatic heterocycles. The van der Waals surface area contributed by atoms with Gasteiger partial charge in [-0.2, -0.15) is 0 Å². The smallest absolute Gasteiger partial charge is 0.123 e. The minimum Gasteiger partial charge on any atom is -0.306 e. The van der Waals surface area contributed by atoms with Crippen LogP contribution in [0.5, 0.6) is 0 Å². The zero-order chi connectivity index (χ0) is 11.5. The standard InChI is InChI=1S/C13H19FN2/c1-10(11-3-5-12(14)6-4-11)15-13-7-8-16(2)9-13/h3-6,10,13,15H,7-9H2,1-2H3/t10-,13?/m1/s1. The Morgan fingerprint density at radius 1 is 1.38 bits per heavy atom. The van der Waals surface area contributed by atoms with Gasteiger partial charge >= 0.3 is 0 Å². The average Bonchev–Trinajstić information content (AvgIpc) is 2.65. The van der Waals surface area contributed by atoms with Crippen molar-refractivity contribution in [2.24, 2.45) is 0 Å². The van der Waals surface area contributed by atoms with E-state index in [0.717, 1.165) is 18.7 Å². The second kappa shape index (κ2) is 4.93. The third kappa shape index (κ3) is 2.80. The molecule has 2 atom stereocenters. The summed E-state index contributed by atoms with van der Waals surface area (Å²) in [5.41, 5.74) is 1.15. The van der Waals surface area contributed by atoms with Crippen molar-refractivity contribution in [1.82, 2.24) is 10.2 Å². The molecule has 1 aromatic rings. The molecule has 0 amide bonds. The van der Waals surface area contributed by atoms with Crippen molar-refractivity contribution in [3.05, 3.63) is 35.6 Å². The van der Waals surface area contributed by atoms with Crippen molar-refractivity contribution < 1.29 is 4.39 Å². The molecular formula is C13H19FN2. The van der Waals surface area contributed by atoms with E-state index in [2.05, 4.69) is 24.2 Å². The molecule has 1 unspecified atom stereocenters. The van der Waals surface area contributed by atoms with E-state index in [1.54, 1.807) is 0 Å². The first-order chi connectivity index (χ1) is 7.65. The van der Waals surface area contributed by atoms with Gasteiger partial charge in [0.1, 0.15) is 5.82 Å². The van der Waals surface area contributed by atoms with Crippen molar-refractivity contribution >= 4 is 0 Å².